The maximum Gasteiger partial charge on any atom is 0.217 e. The van der Waals surface area contributed by atoms with Crippen LogP contribution in [0.4, 0.5) is 0 Å². The second-order valence-electron chi connectivity index (χ2n) is 11.9. The van der Waals surface area contributed by atoms with Crippen LogP contribution in [-0.4, -0.2) is 19.6 Å². The summed E-state index contributed by atoms with van der Waals surface area (Å²) in [5.41, 5.74) is 7.54. The van der Waals surface area contributed by atoms with Crippen LogP contribution in [0.15, 0.2) is 134 Å². The van der Waals surface area contributed by atoms with E-state index in [4.69, 9.17) is 14.7 Å². The Labute approximate surface area is 286 Å². The van der Waals surface area contributed by atoms with Gasteiger partial charge in [-0.3, -0.25) is 0 Å². The molecule has 47 heavy (non-hydrogen) atoms. The molecule has 1 fully saturated rings. The molecule has 0 aliphatic heterocycles. The maximum absolute atomic E-state index is 11.5. The van der Waals surface area contributed by atoms with Crippen LogP contribution in [0.5, 0.6) is 17.4 Å². The Morgan fingerprint density at radius 1 is 0.702 bits per heavy atom. The normalized spacial score (nSPS) is 12.8. The molecule has 9 rings (SSSR count). The summed E-state index contributed by atoms with van der Waals surface area (Å²) >= 11 is 0. The number of pyridine rings is 2. The van der Waals surface area contributed by atoms with E-state index in [9.17, 15) is 5.11 Å². The van der Waals surface area contributed by atoms with E-state index in [2.05, 4.69) is 59.2 Å². The summed E-state index contributed by atoms with van der Waals surface area (Å²) in [5.74, 6) is 2.39. The summed E-state index contributed by atoms with van der Waals surface area (Å²) < 4.78 is 8.63. The third-order valence-electron chi connectivity index (χ3n) is 8.92. The van der Waals surface area contributed by atoms with Crippen LogP contribution in [0.25, 0.3) is 60.8 Å². The van der Waals surface area contributed by atoms with Gasteiger partial charge in [0.05, 0.1) is 0 Å². The van der Waals surface area contributed by atoms with Crippen molar-refractivity contribution in [3.63, 3.8) is 0 Å². The van der Waals surface area contributed by atoms with Crippen molar-refractivity contribution in [3.05, 3.63) is 145 Å². The Kier molecular flexibility index (Phi) is 7.35. The predicted octanol–water partition coefficient (Wildman–Crippen LogP) is 10.2. The zero-order valence-corrected chi connectivity index (χ0v) is 27.5. The smallest absolute Gasteiger partial charge is 0.217 e. The molecule has 0 saturated heterocycles. The quantitative estimate of drug-likeness (QED) is 0.171. The Bertz CT molecular complexity index is 2420. The summed E-state index contributed by atoms with van der Waals surface area (Å²) in [6.07, 6.45) is 4.09. The molecule has 0 atom stereocenters. The van der Waals surface area contributed by atoms with E-state index >= 15 is 0 Å². The first kappa shape index (κ1) is 29.2. The van der Waals surface area contributed by atoms with Crippen LogP contribution in [0.3, 0.4) is 0 Å². The van der Waals surface area contributed by atoms with Crippen molar-refractivity contribution < 1.29 is 30.9 Å². The van der Waals surface area contributed by atoms with E-state index in [1.165, 1.54) is 0 Å². The number of benzene rings is 5. The molecule has 1 aliphatic carbocycles. The van der Waals surface area contributed by atoms with Gasteiger partial charge in [0.25, 0.3) is 0 Å². The summed E-state index contributed by atoms with van der Waals surface area (Å²) in [4.78, 5) is 9.66. The van der Waals surface area contributed by atoms with Crippen LogP contribution in [-0.2, 0) is 21.1 Å². The van der Waals surface area contributed by atoms with Crippen molar-refractivity contribution in [1.29, 1.82) is 0 Å². The van der Waals surface area contributed by atoms with Gasteiger partial charge in [-0.05, 0) is 70.7 Å². The van der Waals surface area contributed by atoms with Gasteiger partial charge in [0.2, 0.25) is 5.88 Å². The fraction of sp³-hybridized carbons (Fsp3) is 0.0732. The molecule has 1 aliphatic rings. The van der Waals surface area contributed by atoms with E-state index in [-0.39, 0.29) is 26.8 Å². The largest absolute Gasteiger partial charge is 0.505 e. The van der Waals surface area contributed by atoms with Gasteiger partial charge in [0.1, 0.15) is 17.1 Å². The molecule has 0 unspecified atom stereocenters. The summed E-state index contributed by atoms with van der Waals surface area (Å²) in [6.45, 7) is 0. The van der Waals surface area contributed by atoms with Gasteiger partial charge in [-0.2, -0.15) is 6.07 Å². The minimum absolute atomic E-state index is 0. The molecule has 0 bridgehead atoms. The number of phenolic OH excluding ortho intramolecular Hbond substituents is 1. The first-order valence-corrected chi connectivity index (χ1v) is 15.6. The molecular formula is C41H28N3O2Pt-. The maximum atomic E-state index is 11.5. The van der Waals surface area contributed by atoms with E-state index in [1.807, 2.05) is 85.1 Å². The number of aromatic hydroxyl groups is 1. The molecule has 5 nitrogen and oxygen atoms in total. The van der Waals surface area contributed by atoms with Gasteiger partial charge in [-0.1, -0.05) is 90.4 Å². The van der Waals surface area contributed by atoms with E-state index < -0.39 is 0 Å². The third-order valence-corrected chi connectivity index (χ3v) is 8.92. The molecule has 0 spiro atoms. The van der Waals surface area contributed by atoms with Crippen LogP contribution in [0.2, 0.25) is 0 Å². The van der Waals surface area contributed by atoms with E-state index in [0.29, 0.717) is 23.1 Å². The van der Waals surface area contributed by atoms with E-state index in [1.54, 1.807) is 0 Å². The van der Waals surface area contributed by atoms with Gasteiger partial charge < -0.3 is 14.4 Å². The van der Waals surface area contributed by atoms with Crippen molar-refractivity contribution >= 4 is 32.7 Å². The SMILES string of the molecule is Oc1c(-c2ccccc2)ccc2c(C3CC3)cc(Oc3[c-]c4c(cc3)c3ccccc3n4-c3cc(-c4ccccc4)ccn3)nc12.[Pt]. The Balaban J connectivity index is 0.00000324. The topological polar surface area (TPSA) is 60.2 Å². The number of aromatic nitrogens is 3. The monoisotopic (exact) mass is 789 g/mol. The van der Waals surface area contributed by atoms with Crippen molar-refractivity contribution in [2.45, 2.75) is 18.8 Å². The number of nitrogens with zero attached hydrogens (tertiary/aromatic N) is 3. The first-order valence-electron chi connectivity index (χ1n) is 15.6. The molecule has 3 aromatic heterocycles. The van der Waals surface area contributed by atoms with Gasteiger partial charge >= 0.3 is 0 Å². The average Bonchev–Trinajstić information content (AvgIpc) is 3.91. The number of ether oxygens (including phenoxy) is 1. The fourth-order valence-corrected chi connectivity index (χ4v) is 6.55. The van der Waals surface area contributed by atoms with Gasteiger partial charge in [0.15, 0.2) is 0 Å². The molecule has 1 saturated carbocycles. The molecule has 6 heteroatoms. The summed E-state index contributed by atoms with van der Waals surface area (Å²) in [5, 5.41) is 14.6. The second-order valence-corrected chi connectivity index (χ2v) is 11.9. The Hall–Kier alpha value is -5.25. The number of hydrogen-bond acceptors (Lipinski definition) is 4. The zero-order valence-electron chi connectivity index (χ0n) is 25.2. The molecule has 1 N–H and O–H groups in total. The van der Waals surface area contributed by atoms with Crippen LogP contribution < -0.4 is 4.74 Å². The molecular weight excluding hydrogens is 762 g/mol. The molecule has 5 aromatic carbocycles. The molecule has 0 amide bonds. The molecule has 8 aromatic rings. The number of phenols is 1. The average molecular weight is 790 g/mol. The van der Waals surface area contributed by atoms with Gasteiger partial charge in [-0.25, -0.2) is 9.97 Å². The molecule has 3 heterocycles. The van der Waals surface area contributed by atoms with Crippen LogP contribution in [0, 0.1) is 6.07 Å². The number of hydrogen-bond donors (Lipinski definition) is 1. The van der Waals surface area contributed by atoms with Crippen molar-refractivity contribution in [1.82, 2.24) is 14.5 Å². The number of para-hydroxylation sites is 1. The number of rotatable bonds is 6. The Morgan fingerprint density at radius 3 is 2.21 bits per heavy atom. The number of fused-ring (bicyclic) bond motifs is 4. The minimum atomic E-state index is 0. The molecule has 0 radical (unpaired) electrons. The fourth-order valence-electron chi connectivity index (χ4n) is 6.55. The third kappa shape index (κ3) is 5.17. The van der Waals surface area contributed by atoms with Gasteiger partial charge in [-0.15, -0.1) is 17.5 Å². The minimum Gasteiger partial charge on any atom is -0.505 e. The van der Waals surface area contributed by atoms with E-state index in [0.717, 1.165) is 73.7 Å². The summed E-state index contributed by atoms with van der Waals surface area (Å²) in [6, 6.07) is 46.4. The van der Waals surface area contributed by atoms with Crippen molar-refractivity contribution in [2.24, 2.45) is 0 Å². The van der Waals surface area contributed by atoms with Crippen molar-refractivity contribution in [2.75, 3.05) is 0 Å². The molecule has 230 valence electrons. The first-order chi connectivity index (χ1) is 22.7. The van der Waals surface area contributed by atoms with Crippen molar-refractivity contribution in [3.8, 4) is 45.5 Å². The standard InChI is InChI=1S/C41H28N3O2.Pt/c45-41-31(27-11-5-2-6-12-27)19-20-34-35(28-15-16-28)25-39(43-40(34)41)46-30-17-18-33-32-13-7-8-14-36(32)44(37(33)24-30)38-23-29(21-22-42-38)26-9-3-1-4-10-26;/h1-14,17-23,25,28,45H,15-16H2;/q-1;. The second kappa shape index (κ2) is 11.8. The predicted molar refractivity (Wildman–Crippen MR) is 184 cm³/mol. The zero-order chi connectivity index (χ0) is 30.6. The van der Waals surface area contributed by atoms with Crippen LogP contribution in [0.1, 0.15) is 24.3 Å². The van der Waals surface area contributed by atoms with Gasteiger partial charge in [0, 0.05) is 55.5 Å². The van der Waals surface area contributed by atoms with Crippen LogP contribution >= 0.6 is 0 Å². The Morgan fingerprint density at radius 2 is 1.43 bits per heavy atom. The summed E-state index contributed by atoms with van der Waals surface area (Å²) in [7, 11) is 0.